The summed E-state index contributed by atoms with van der Waals surface area (Å²) < 4.78 is 16.6. The third kappa shape index (κ3) is 3.06. The van der Waals surface area contributed by atoms with Gasteiger partial charge in [0.2, 0.25) is 0 Å². The van der Waals surface area contributed by atoms with Crippen LogP contribution in [-0.4, -0.2) is 35.4 Å². The van der Waals surface area contributed by atoms with Crippen LogP contribution < -0.4 is 10.1 Å². The molecule has 2 rings (SSSR count). The molecule has 4 heteroatoms. The van der Waals surface area contributed by atoms with Gasteiger partial charge < -0.3 is 10.1 Å². The van der Waals surface area contributed by atoms with Crippen LogP contribution in [0.1, 0.15) is 5.56 Å². The fourth-order valence-electron chi connectivity index (χ4n) is 1.85. The van der Waals surface area contributed by atoms with E-state index in [2.05, 4.69) is 11.4 Å². The summed E-state index contributed by atoms with van der Waals surface area (Å²) in [4.78, 5) is 0. The standard InChI is InChI=1S/C12H17NO2S/c1-16(14)7-6-13-9-11-8-10-4-2-3-5-12(10)15-11/h2-5,11,13H,6-9H2,1H3. The molecule has 1 heterocycles. The number of hydrogen-bond acceptors (Lipinski definition) is 3. The maximum absolute atomic E-state index is 10.9. The van der Waals surface area contributed by atoms with Gasteiger partial charge in [0.25, 0.3) is 0 Å². The summed E-state index contributed by atoms with van der Waals surface area (Å²) in [6.45, 7) is 1.62. The first-order valence-corrected chi connectivity index (χ1v) is 7.24. The third-order valence-corrected chi connectivity index (χ3v) is 3.43. The Morgan fingerprint density at radius 1 is 1.50 bits per heavy atom. The highest BCUT2D eigenvalue weighted by molar-refractivity contribution is 7.84. The van der Waals surface area contributed by atoms with Gasteiger partial charge in [0.1, 0.15) is 11.9 Å². The Hall–Kier alpha value is -0.870. The van der Waals surface area contributed by atoms with Gasteiger partial charge in [-0.3, -0.25) is 4.21 Å². The average Bonchev–Trinajstić information content (AvgIpc) is 2.66. The lowest BCUT2D eigenvalue weighted by atomic mass is 10.1. The second-order valence-corrected chi connectivity index (χ2v) is 5.59. The van der Waals surface area contributed by atoms with Gasteiger partial charge in [0.15, 0.2) is 0 Å². The van der Waals surface area contributed by atoms with Gasteiger partial charge in [0.05, 0.1) is 0 Å². The number of benzene rings is 1. The van der Waals surface area contributed by atoms with Gasteiger partial charge in [-0.1, -0.05) is 18.2 Å². The number of nitrogens with one attached hydrogen (secondary N) is 1. The molecule has 1 aliphatic rings. The first kappa shape index (κ1) is 11.6. The largest absolute Gasteiger partial charge is 0.488 e. The van der Waals surface area contributed by atoms with Crippen molar-refractivity contribution in [1.82, 2.24) is 5.32 Å². The molecule has 2 unspecified atom stereocenters. The lowest BCUT2D eigenvalue weighted by Crippen LogP contribution is -2.32. The predicted octanol–water partition coefficient (Wildman–Crippen LogP) is 0.958. The van der Waals surface area contributed by atoms with Crippen molar-refractivity contribution in [3.63, 3.8) is 0 Å². The molecule has 0 fully saturated rings. The zero-order valence-corrected chi connectivity index (χ0v) is 10.3. The van der Waals surface area contributed by atoms with Crippen LogP contribution in [0.25, 0.3) is 0 Å². The highest BCUT2D eigenvalue weighted by atomic mass is 32.2. The Morgan fingerprint density at radius 2 is 2.31 bits per heavy atom. The molecular weight excluding hydrogens is 222 g/mol. The second-order valence-electron chi connectivity index (χ2n) is 4.03. The molecule has 3 nitrogen and oxygen atoms in total. The van der Waals surface area contributed by atoms with E-state index in [0.29, 0.717) is 5.75 Å². The summed E-state index contributed by atoms with van der Waals surface area (Å²) >= 11 is 0. The molecule has 2 atom stereocenters. The monoisotopic (exact) mass is 239 g/mol. The summed E-state index contributed by atoms with van der Waals surface area (Å²) in [5.74, 6) is 1.72. The average molecular weight is 239 g/mol. The van der Waals surface area contributed by atoms with E-state index in [4.69, 9.17) is 4.74 Å². The Kier molecular flexibility index (Phi) is 3.96. The van der Waals surface area contributed by atoms with E-state index in [1.165, 1.54) is 5.56 Å². The highest BCUT2D eigenvalue weighted by Crippen LogP contribution is 2.27. The number of ether oxygens (including phenoxy) is 1. The van der Waals surface area contributed by atoms with Crippen molar-refractivity contribution in [3.05, 3.63) is 29.8 Å². The van der Waals surface area contributed by atoms with E-state index in [1.807, 2.05) is 18.2 Å². The fourth-order valence-corrected chi connectivity index (χ4v) is 2.28. The molecule has 88 valence electrons. The van der Waals surface area contributed by atoms with E-state index < -0.39 is 10.8 Å². The van der Waals surface area contributed by atoms with Gasteiger partial charge in [-0.25, -0.2) is 0 Å². The van der Waals surface area contributed by atoms with Crippen LogP contribution in [-0.2, 0) is 17.2 Å². The molecule has 1 N–H and O–H groups in total. The van der Waals surface area contributed by atoms with Crippen LogP contribution in [0.2, 0.25) is 0 Å². The molecule has 0 saturated heterocycles. The van der Waals surface area contributed by atoms with Crippen molar-refractivity contribution in [2.75, 3.05) is 25.1 Å². The first-order chi connectivity index (χ1) is 7.75. The van der Waals surface area contributed by atoms with Crippen molar-refractivity contribution in [2.45, 2.75) is 12.5 Å². The number of rotatable bonds is 5. The van der Waals surface area contributed by atoms with Crippen molar-refractivity contribution in [2.24, 2.45) is 0 Å². The Labute approximate surface area is 98.7 Å². The molecule has 16 heavy (non-hydrogen) atoms. The van der Waals surface area contributed by atoms with Crippen molar-refractivity contribution in [3.8, 4) is 5.75 Å². The first-order valence-electron chi connectivity index (χ1n) is 5.51. The highest BCUT2D eigenvalue weighted by Gasteiger charge is 2.21. The molecule has 0 saturated carbocycles. The normalized spacial score (nSPS) is 20.2. The molecule has 0 radical (unpaired) electrons. The van der Waals surface area contributed by atoms with E-state index in [-0.39, 0.29) is 6.10 Å². The van der Waals surface area contributed by atoms with Crippen molar-refractivity contribution in [1.29, 1.82) is 0 Å². The minimum absolute atomic E-state index is 0.225. The number of fused-ring (bicyclic) bond motifs is 1. The Bertz CT molecular complexity index is 356. The minimum Gasteiger partial charge on any atom is -0.488 e. The summed E-state index contributed by atoms with van der Waals surface area (Å²) in [5.41, 5.74) is 1.29. The van der Waals surface area contributed by atoms with Crippen LogP contribution in [0, 0.1) is 0 Å². The zero-order chi connectivity index (χ0) is 11.4. The maximum atomic E-state index is 10.9. The molecule has 0 aromatic heterocycles. The predicted molar refractivity (Wildman–Crippen MR) is 66.4 cm³/mol. The quantitative estimate of drug-likeness (QED) is 0.778. The minimum atomic E-state index is -0.712. The SMILES string of the molecule is CS(=O)CCNCC1Cc2ccccc2O1. The molecule has 1 aliphatic heterocycles. The molecule has 0 bridgehead atoms. The topological polar surface area (TPSA) is 38.3 Å². The lowest BCUT2D eigenvalue weighted by Gasteiger charge is -2.11. The summed E-state index contributed by atoms with van der Waals surface area (Å²) in [6, 6.07) is 8.15. The summed E-state index contributed by atoms with van der Waals surface area (Å²) in [5, 5.41) is 3.28. The van der Waals surface area contributed by atoms with Crippen LogP contribution >= 0.6 is 0 Å². The van der Waals surface area contributed by atoms with E-state index in [1.54, 1.807) is 6.26 Å². The van der Waals surface area contributed by atoms with Crippen LogP contribution in [0.15, 0.2) is 24.3 Å². The van der Waals surface area contributed by atoms with Gasteiger partial charge in [-0.2, -0.15) is 0 Å². The Balaban J connectivity index is 1.73. The van der Waals surface area contributed by atoms with Crippen LogP contribution in [0.4, 0.5) is 0 Å². The molecule has 1 aromatic carbocycles. The summed E-state index contributed by atoms with van der Waals surface area (Å²) in [6.07, 6.45) is 2.92. The van der Waals surface area contributed by atoms with Crippen molar-refractivity contribution >= 4 is 10.8 Å². The molecule has 0 aliphatic carbocycles. The summed E-state index contributed by atoms with van der Waals surface area (Å²) in [7, 11) is -0.712. The van der Waals surface area contributed by atoms with Gasteiger partial charge in [-0.15, -0.1) is 0 Å². The lowest BCUT2D eigenvalue weighted by molar-refractivity contribution is 0.229. The van der Waals surface area contributed by atoms with Crippen LogP contribution in [0.3, 0.4) is 0 Å². The smallest absolute Gasteiger partial charge is 0.123 e. The third-order valence-electron chi connectivity index (χ3n) is 2.65. The molecular formula is C12H17NO2S. The fraction of sp³-hybridized carbons (Fsp3) is 0.500. The number of hydrogen-bond donors (Lipinski definition) is 1. The van der Waals surface area contributed by atoms with Gasteiger partial charge >= 0.3 is 0 Å². The second kappa shape index (κ2) is 5.46. The van der Waals surface area contributed by atoms with Crippen molar-refractivity contribution < 1.29 is 8.95 Å². The Morgan fingerprint density at radius 3 is 3.06 bits per heavy atom. The zero-order valence-electron chi connectivity index (χ0n) is 9.44. The van der Waals surface area contributed by atoms with E-state index >= 15 is 0 Å². The van der Waals surface area contributed by atoms with Gasteiger partial charge in [0, 0.05) is 42.3 Å². The molecule has 0 amide bonds. The van der Waals surface area contributed by atoms with E-state index in [0.717, 1.165) is 25.3 Å². The van der Waals surface area contributed by atoms with Crippen LogP contribution in [0.5, 0.6) is 5.75 Å². The maximum Gasteiger partial charge on any atom is 0.123 e. The van der Waals surface area contributed by atoms with E-state index in [9.17, 15) is 4.21 Å². The number of para-hydroxylation sites is 1. The molecule has 1 aromatic rings. The van der Waals surface area contributed by atoms with Gasteiger partial charge in [-0.05, 0) is 11.6 Å². The molecule has 0 spiro atoms.